The Kier molecular flexibility index (Phi) is 5.30. The average molecular weight is 399 g/mol. The molecule has 2 aromatic rings. The number of hydrogen-bond acceptors (Lipinski definition) is 7. The van der Waals surface area contributed by atoms with Crippen LogP contribution < -0.4 is 9.62 Å². The Morgan fingerprint density at radius 2 is 2.16 bits per heavy atom. The lowest BCUT2D eigenvalue weighted by molar-refractivity contribution is -0.117. The van der Waals surface area contributed by atoms with E-state index in [1.165, 1.54) is 29.2 Å². The van der Waals surface area contributed by atoms with Crippen molar-refractivity contribution in [3.8, 4) is 0 Å². The van der Waals surface area contributed by atoms with Crippen LogP contribution in [0.3, 0.4) is 0 Å². The van der Waals surface area contributed by atoms with Crippen molar-refractivity contribution in [1.82, 2.24) is 10.2 Å². The third-order valence-electron chi connectivity index (χ3n) is 3.74. The number of anilines is 2. The Labute approximate surface area is 154 Å². The van der Waals surface area contributed by atoms with E-state index in [4.69, 9.17) is 0 Å². The summed E-state index contributed by atoms with van der Waals surface area (Å²) in [6.07, 6.45) is 1.37. The van der Waals surface area contributed by atoms with E-state index in [2.05, 4.69) is 14.9 Å². The van der Waals surface area contributed by atoms with Crippen molar-refractivity contribution in [3.05, 3.63) is 23.8 Å². The van der Waals surface area contributed by atoms with Crippen LogP contribution in [0.25, 0.3) is 0 Å². The number of carbonyl (C=O) groups excluding carboxylic acids is 1. The second kappa shape index (κ2) is 7.30. The molecule has 10 heteroatoms. The van der Waals surface area contributed by atoms with Crippen LogP contribution in [0.2, 0.25) is 0 Å². The van der Waals surface area contributed by atoms with Crippen LogP contribution in [0.4, 0.5) is 10.8 Å². The van der Waals surface area contributed by atoms with Gasteiger partial charge in [0.15, 0.2) is 4.34 Å². The molecular formula is C15H18N4O3S3. The molecule has 0 atom stereocenters. The summed E-state index contributed by atoms with van der Waals surface area (Å²) in [4.78, 5) is 13.7. The summed E-state index contributed by atoms with van der Waals surface area (Å²) in [6, 6.07) is 4.77. The number of thioether (sulfide) groups is 1. The summed E-state index contributed by atoms with van der Waals surface area (Å²) >= 11 is 2.71. The number of rotatable bonds is 6. The molecule has 0 bridgehead atoms. The zero-order valence-corrected chi connectivity index (χ0v) is 16.3. The van der Waals surface area contributed by atoms with Gasteiger partial charge in [-0.05, 0) is 42.9 Å². The molecule has 1 aromatic heterocycles. The highest BCUT2D eigenvalue weighted by atomic mass is 32.2. The molecule has 1 fully saturated rings. The largest absolute Gasteiger partial charge is 0.312 e. The van der Waals surface area contributed by atoms with E-state index in [-0.39, 0.29) is 15.9 Å². The van der Waals surface area contributed by atoms with E-state index >= 15 is 0 Å². The first-order chi connectivity index (χ1) is 11.9. The maximum absolute atomic E-state index is 12.6. The first-order valence-corrected chi connectivity index (χ1v) is 11.1. The number of amides is 1. The fourth-order valence-electron chi connectivity index (χ4n) is 2.61. The number of nitrogens with one attached hydrogen (secondary N) is 1. The molecule has 1 aliphatic heterocycles. The maximum Gasteiger partial charge on any atom is 0.263 e. The van der Waals surface area contributed by atoms with Gasteiger partial charge >= 0.3 is 0 Å². The number of benzene rings is 1. The standard InChI is InChI=1S/C15H18N4O3S3/c1-3-23-15-17-16-14(24-15)18-25(21,22)11-6-7-12(10(2)9-11)19-8-4-5-13(19)20/h6-7,9H,3-5,8H2,1-2H3,(H,16,18). The Balaban J connectivity index is 1.82. The van der Waals surface area contributed by atoms with Gasteiger partial charge < -0.3 is 4.90 Å². The van der Waals surface area contributed by atoms with E-state index in [9.17, 15) is 13.2 Å². The smallest absolute Gasteiger partial charge is 0.263 e. The lowest BCUT2D eigenvalue weighted by atomic mass is 10.2. The van der Waals surface area contributed by atoms with E-state index in [0.29, 0.717) is 13.0 Å². The molecule has 1 N–H and O–H groups in total. The zero-order valence-electron chi connectivity index (χ0n) is 13.9. The molecule has 1 amide bonds. The molecule has 1 aromatic carbocycles. The summed E-state index contributed by atoms with van der Waals surface area (Å²) in [5, 5.41) is 8.04. The van der Waals surface area contributed by atoms with Crippen LogP contribution in [0.1, 0.15) is 25.3 Å². The zero-order chi connectivity index (χ0) is 18.0. The molecule has 134 valence electrons. The molecule has 0 unspecified atom stereocenters. The lowest BCUT2D eigenvalue weighted by Gasteiger charge is -2.19. The second-order valence-electron chi connectivity index (χ2n) is 5.51. The highest BCUT2D eigenvalue weighted by Gasteiger charge is 2.24. The van der Waals surface area contributed by atoms with Crippen LogP contribution in [0.15, 0.2) is 27.4 Å². The number of sulfonamides is 1. The third kappa shape index (κ3) is 3.96. The maximum atomic E-state index is 12.6. The van der Waals surface area contributed by atoms with Crippen LogP contribution in [-0.4, -0.2) is 36.8 Å². The number of nitrogens with zero attached hydrogens (tertiary/aromatic N) is 3. The van der Waals surface area contributed by atoms with Crippen molar-refractivity contribution in [2.45, 2.75) is 35.9 Å². The molecule has 0 saturated carbocycles. The molecule has 0 aliphatic carbocycles. The predicted octanol–water partition coefficient (Wildman–Crippen LogP) is 2.89. The van der Waals surface area contributed by atoms with Crippen molar-refractivity contribution in [2.75, 3.05) is 21.9 Å². The first kappa shape index (κ1) is 18.2. The fraction of sp³-hybridized carbons (Fsp3) is 0.400. The number of aryl methyl sites for hydroxylation is 1. The molecule has 1 aliphatic rings. The van der Waals surface area contributed by atoms with Gasteiger partial charge in [0.1, 0.15) is 0 Å². The molecule has 3 rings (SSSR count). The highest BCUT2D eigenvalue weighted by Crippen LogP contribution is 2.29. The Morgan fingerprint density at radius 3 is 2.80 bits per heavy atom. The monoisotopic (exact) mass is 398 g/mol. The molecule has 0 radical (unpaired) electrons. The van der Waals surface area contributed by atoms with Gasteiger partial charge in [-0.1, -0.05) is 30.0 Å². The van der Waals surface area contributed by atoms with Gasteiger partial charge in [0, 0.05) is 18.7 Å². The Hall–Kier alpha value is -1.65. The normalized spacial score (nSPS) is 15.0. The van der Waals surface area contributed by atoms with E-state index in [1.54, 1.807) is 24.0 Å². The van der Waals surface area contributed by atoms with Crippen molar-refractivity contribution in [2.24, 2.45) is 0 Å². The summed E-state index contributed by atoms with van der Waals surface area (Å²) in [5.74, 6) is 0.920. The molecule has 25 heavy (non-hydrogen) atoms. The Bertz CT molecular complexity index is 895. The number of aromatic nitrogens is 2. The van der Waals surface area contributed by atoms with Crippen LogP contribution in [0, 0.1) is 6.92 Å². The topological polar surface area (TPSA) is 92.3 Å². The van der Waals surface area contributed by atoms with Gasteiger partial charge in [-0.25, -0.2) is 8.42 Å². The molecule has 1 saturated heterocycles. The molecule has 7 nitrogen and oxygen atoms in total. The predicted molar refractivity (Wildman–Crippen MR) is 99.9 cm³/mol. The lowest BCUT2D eigenvalue weighted by Crippen LogP contribution is -2.24. The van der Waals surface area contributed by atoms with Crippen LogP contribution in [0.5, 0.6) is 0 Å². The number of carbonyl (C=O) groups is 1. The first-order valence-electron chi connectivity index (χ1n) is 7.81. The molecular weight excluding hydrogens is 380 g/mol. The summed E-state index contributed by atoms with van der Waals surface area (Å²) in [7, 11) is -3.75. The molecule has 2 heterocycles. The minimum atomic E-state index is -3.75. The minimum Gasteiger partial charge on any atom is -0.312 e. The van der Waals surface area contributed by atoms with Crippen LogP contribution in [-0.2, 0) is 14.8 Å². The van der Waals surface area contributed by atoms with Gasteiger partial charge in [0.05, 0.1) is 4.90 Å². The van der Waals surface area contributed by atoms with Crippen LogP contribution >= 0.6 is 23.1 Å². The van der Waals surface area contributed by atoms with Crippen molar-refractivity contribution < 1.29 is 13.2 Å². The summed E-state index contributed by atoms with van der Waals surface area (Å²) < 4.78 is 28.3. The van der Waals surface area contributed by atoms with Crippen molar-refractivity contribution in [1.29, 1.82) is 0 Å². The quantitative estimate of drug-likeness (QED) is 0.752. The van der Waals surface area contributed by atoms with Gasteiger partial charge in [-0.15, -0.1) is 10.2 Å². The average Bonchev–Trinajstić information content (AvgIpc) is 3.16. The summed E-state index contributed by atoms with van der Waals surface area (Å²) in [6.45, 7) is 4.47. The second-order valence-corrected chi connectivity index (χ2v) is 9.68. The van der Waals surface area contributed by atoms with E-state index < -0.39 is 10.0 Å². The number of hydrogen-bond donors (Lipinski definition) is 1. The third-order valence-corrected chi connectivity index (χ3v) is 7.06. The highest BCUT2D eigenvalue weighted by molar-refractivity contribution is 8.01. The summed E-state index contributed by atoms with van der Waals surface area (Å²) in [5.41, 5.74) is 1.51. The van der Waals surface area contributed by atoms with Gasteiger partial charge in [-0.2, -0.15) is 0 Å². The SMILES string of the molecule is CCSc1nnc(NS(=O)(=O)c2ccc(N3CCCC3=O)c(C)c2)s1. The fourth-order valence-corrected chi connectivity index (χ4v) is 5.57. The van der Waals surface area contributed by atoms with E-state index in [1.807, 2.05) is 6.92 Å². The van der Waals surface area contributed by atoms with Gasteiger partial charge in [-0.3, -0.25) is 9.52 Å². The van der Waals surface area contributed by atoms with Gasteiger partial charge in [0.25, 0.3) is 10.0 Å². The van der Waals surface area contributed by atoms with Crippen molar-refractivity contribution in [3.63, 3.8) is 0 Å². The van der Waals surface area contributed by atoms with Crippen molar-refractivity contribution >= 4 is 49.8 Å². The molecule has 0 spiro atoms. The minimum absolute atomic E-state index is 0.0756. The van der Waals surface area contributed by atoms with E-state index in [0.717, 1.165) is 27.8 Å². The van der Waals surface area contributed by atoms with Gasteiger partial charge in [0.2, 0.25) is 11.0 Å². The Morgan fingerprint density at radius 1 is 1.36 bits per heavy atom.